The van der Waals surface area contributed by atoms with Crippen LogP contribution in [0.3, 0.4) is 0 Å². The zero-order valence-corrected chi connectivity index (χ0v) is 10.8. The highest BCUT2D eigenvalue weighted by Gasteiger charge is 2.31. The van der Waals surface area contributed by atoms with Gasteiger partial charge < -0.3 is 5.11 Å². The lowest BCUT2D eigenvalue weighted by Gasteiger charge is -2.34. The first-order valence-electron chi connectivity index (χ1n) is 6.54. The molecule has 0 spiro atoms. The van der Waals surface area contributed by atoms with E-state index in [1.54, 1.807) is 0 Å². The first-order valence-corrected chi connectivity index (χ1v) is 6.54. The van der Waals surface area contributed by atoms with Crippen LogP contribution >= 0.6 is 0 Å². The van der Waals surface area contributed by atoms with E-state index in [1.165, 1.54) is 25.7 Å². The number of carboxylic acids is 1. The largest absolute Gasteiger partial charge is 0.480 e. The SMILES string of the molecule is CCC(C(=O)O)N(CC(C)C)C1CCCC1. The van der Waals surface area contributed by atoms with Gasteiger partial charge in [-0.3, -0.25) is 9.69 Å². The average molecular weight is 227 g/mol. The fraction of sp³-hybridized carbons (Fsp3) is 0.923. The molecule has 0 radical (unpaired) electrons. The van der Waals surface area contributed by atoms with Crippen molar-refractivity contribution in [2.45, 2.75) is 65.0 Å². The Bertz CT molecular complexity index is 222. The fourth-order valence-electron chi connectivity index (χ4n) is 2.74. The number of aliphatic carboxylic acids is 1. The van der Waals surface area contributed by atoms with Crippen molar-refractivity contribution < 1.29 is 9.90 Å². The summed E-state index contributed by atoms with van der Waals surface area (Å²) >= 11 is 0. The molecule has 0 heterocycles. The first kappa shape index (κ1) is 13.5. The maximum atomic E-state index is 11.3. The monoisotopic (exact) mass is 227 g/mol. The summed E-state index contributed by atoms with van der Waals surface area (Å²) in [5, 5.41) is 9.28. The molecule has 0 bridgehead atoms. The highest BCUT2D eigenvalue weighted by atomic mass is 16.4. The quantitative estimate of drug-likeness (QED) is 0.758. The number of carboxylic acid groups (broad SMARTS) is 1. The van der Waals surface area contributed by atoms with Crippen molar-refractivity contribution in [1.29, 1.82) is 0 Å². The number of nitrogens with zero attached hydrogens (tertiary/aromatic N) is 1. The minimum Gasteiger partial charge on any atom is -0.480 e. The van der Waals surface area contributed by atoms with Gasteiger partial charge in [-0.2, -0.15) is 0 Å². The van der Waals surface area contributed by atoms with Gasteiger partial charge in [0.15, 0.2) is 0 Å². The van der Waals surface area contributed by atoms with E-state index in [1.807, 2.05) is 6.92 Å². The Balaban J connectivity index is 2.71. The van der Waals surface area contributed by atoms with Crippen molar-refractivity contribution in [3.63, 3.8) is 0 Å². The highest BCUT2D eigenvalue weighted by Crippen LogP contribution is 2.26. The Labute approximate surface area is 98.8 Å². The maximum absolute atomic E-state index is 11.3. The van der Waals surface area contributed by atoms with E-state index in [9.17, 15) is 9.90 Å². The molecule has 0 aromatic heterocycles. The molecule has 1 atom stereocenters. The second-order valence-corrected chi connectivity index (χ2v) is 5.29. The van der Waals surface area contributed by atoms with Gasteiger partial charge in [-0.15, -0.1) is 0 Å². The topological polar surface area (TPSA) is 40.5 Å². The molecule has 1 unspecified atom stereocenters. The van der Waals surface area contributed by atoms with Crippen molar-refractivity contribution in [1.82, 2.24) is 4.90 Å². The summed E-state index contributed by atoms with van der Waals surface area (Å²) in [5.74, 6) is -0.121. The molecule has 0 aliphatic heterocycles. The molecule has 1 rings (SSSR count). The minimum absolute atomic E-state index is 0.287. The molecule has 94 valence electrons. The Morgan fingerprint density at radius 2 is 1.94 bits per heavy atom. The number of hydrogen-bond donors (Lipinski definition) is 1. The van der Waals surface area contributed by atoms with Gasteiger partial charge in [-0.1, -0.05) is 33.6 Å². The molecule has 0 saturated heterocycles. The van der Waals surface area contributed by atoms with Crippen molar-refractivity contribution in [3.8, 4) is 0 Å². The van der Waals surface area contributed by atoms with Crippen LogP contribution < -0.4 is 0 Å². The van der Waals surface area contributed by atoms with Crippen molar-refractivity contribution >= 4 is 5.97 Å². The molecule has 1 N–H and O–H groups in total. The Hall–Kier alpha value is -0.570. The van der Waals surface area contributed by atoms with E-state index in [4.69, 9.17) is 0 Å². The van der Waals surface area contributed by atoms with Gasteiger partial charge in [0.2, 0.25) is 0 Å². The lowest BCUT2D eigenvalue weighted by atomic mass is 10.1. The number of carbonyl (C=O) groups is 1. The normalized spacial score (nSPS) is 19.6. The predicted octanol–water partition coefficient (Wildman–Crippen LogP) is 2.75. The van der Waals surface area contributed by atoms with Gasteiger partial charge in [-0.05, 0) is 25.2 Å². The molecule has 1 aliphatic rings. The van der Waals surface area contributed by atoms with Crippen LogP contribution in [0.25, 0.3) is 0 Å². The average Bonchev–Trinajstić information content (AvgIpc) is 2.68. The van der Waals surface area contributed by atoms with E-state index in [2.05, 4.69) is 18.7 Å². The van der Waals surface area contributed by atoms with Gasteiger partial charge in [0.25, 0.3) is 0 Å². The second-order valence-electron chi connectivity index (χ2n) is 5.29. The summed E-state index contributed by atoms with van der Waals surface area (Å²) in [7, 11) is 0. The van der Waals surface area contributed by atoms with Crippen LogP contribution in [0, 0.1) is 5.92 Å². The zero-order chi connectivity index (χ0) is 12.1. The van der Waals surface area contributed by atoms with E-state index < -0.39 is 5.97 Å². The molecule has 16 heavy (non-hydrogen) atoms. The summed E-state index contributed by atoms with van der Waals surface area (Å²) in [6.07, 6.45) is 5.58. The zero-order valence-electron chi connectivity index (χ0n) is 10.8. The lowest BCUT2D eigenvalue weighted by Crippen LogP contribution is -2.47. The fourth-order valence-corrected chi connectivity index (χ4v) is 2.74. The summed E-state index contributed by atoms with van der Waals surface area (Å²) in [4.78, 5) is 13.5. The van der Waals surface area contributed by atoms with E-state index in [0.717, 1.165) is 6.54 Å². The van der Waals surface area contributed by atoms with Crippen LogP contribution in [0.5, 0.6) is 0 Å². The van der Waals surface area contributed by atoms with Crippen LogP contribution in [-0.4, -0.2) is 34.6 Å². The predicted molar refractivity (Wildman–Crippen MR) is 65.5 cm³/mol. The van der Waals surface area contributed by atoms with E-state index >= 15 is 0 Å². The Morgan fingerprint density at radius 1 is 1.38 bits per heavy atom. The van der Waals surface area contributed by atoms with E-state index in [0.29, 0.717) is 18.4 Å². The third kappa shape index (κ3) is 3.48. The standard InChI is InChI=1S/C13H25NO2/c1-4-12(13(15)16)14(9-10(2)3)11-7-5-6-8-11/h10-12H,4-9H2,1-3H3,(H,15,16). The first-order chi connectivity index (χ1) is 7.56. The summed E-state index contributed by atoms with van der Waals surface area (Å²) in [6.45, 7) is 7.21. The Kier molecular flexibility index (Phi) is 5.26. The maximum Gasteiger partial charge on any atom is 0.320 e. The summed E-state index contributed by atoms with van der Waals surface area (Å²) in [6, 6.07) is 0.217. The molecule has 0 amide bonds. The van der Waals surface area contributed by atoms with Gasteiger partial charge >= 0.3 is 5.97 Å². The molecule has 0 aromatic carbocycles. The molecule has 1 saturated carbocycles. The smallest absolute Gasteiger partial charge is 0.320 e. The molecular formula is C13H25NO2. The molecule has 1 aliphatic carbocycles. The van der Waals surface area contributed by atoms with Gasteiger partial charge in [0.05, 0.1) is 0 Å². The van der Waals surface area contributed by atoms with Crippen LogP contribution in [0.4, 0.5) is 0 Å². The van der Waals surface area contributed by atoms with Gasteiger partial charge in [-0.25, -0.2) is 0 Å². The second kappa shape index (κ2) is 6.24. The van der Waals surface area contributed by atoms with Crippen LogP contribution in [0.15, 0.2) is 0 Å². The third-order valence-corrected chi connectivity index (χ3v) is 3.44. The van der Waals surface area contributed by atoms with Crippen LogP contribution in [-0.2, 0) is 4.79 Å². The minimum atomic E-state index is -0.657. The summed E-state index contributed by atoms with van der Waals surface area (Å²) < 4.78 is 0. The van der Waals surface area contributed by atoms with Crippen LogP contribution in [0.1, 0.15) is 52.9 Å². The van der Waals surface area contributed by atoms with Crippen molar-refractivity contribution in [2.75, 3.05) is 6.54 Å². The number of rotatable bonds is 6. The third-order valence-electron chi connectivity index (χ3n) is 3.44. The van der Waals surface area contributed by atoms with Crippen molar-refractivity contribution in [2.24, 2.45) is 5.92 Å². The van der Waals surface area contributed by atoms with Crippen LogP contribution in [0.2, 0.25) is 0 Å². The number of hydrogen-bond acceptors (Lipinski definition) is 2. The summed E-state index contributed by atoms with van der Waals surface area (Å²) in [5.41, 5.74) is 0. The Morgan fingerprint density at radius 3 is 2.31 bits per heavy atom. The van der Waals surface area contributed by atoms with Gasteiger partial charge in [0, 0.05) is 12.6 Å². The van der Waals surface area contributed by atoms with Crippen molar-refractivity contribution in [3.05, 3.63) is 0 Å². The molecule has 1 fully saturated rings. The molecule has 3 heteroatoms. The molecular weight excluding hydrogens is 202 g/mol. The van der Waals surface area contributed by atoms with Gasteiger partial charge in [0.1, 0.15) is 6.04 Å². The van der Waals surface area contributed by atoms with E-state index in [-0.39, 0.29) is 6.04 Å². The molecule has 3 nitrogen and oxygen atoms in total. The lowest BCUT2D eigenvalue weighted by molar-refractivity contribution is -0.144. The molecule has 0 aromatic rings. The highest BCUT2D eigenvalue weighted by molar-refractivity contribution is 5.73.